The van der Waals surface area contributed by atoms with Crippen LogP contribution in [0.4, 0.5) is 15.9 Å². The molecule has 0 aliphatic heterocycles. The highest BCUT2D eigenvalue weighted by Crippen LogP contribution is 2.26. The van der Waals surface area contributed by atoms with Crippen molar-refractivity contribution in [3.05, 3.63) is 54.1 Å². The lowest BCUT2D eigenvalue weighted by molar-refractivity contribution is -0.119. The van der Waals surface area contributed by atoms with E-state index in [2.05, 4.69) is 32.5 Å². The van der Waals surface area contributed by atoms with Crippen LogP contribution in [0.3, 0.4) is 0 Å². The van der Waals surface area contributed by atoms with Crippen LogP contribution in [0.2, 0.25) is 0 Å². The van der Waals surface area contributed by atoms with Gasteiger partial charge >= 0.3 is 0 Å². The first-order chi connectivity index (χ1) is 15.7. The highest BCUT2D eigenvalue weighted by atomic mass is 19.1. The maximum Gasteiger partial charge on any atom is 0.273 e. The number of nitrogens with one attached hydrogen (secondary N) is 2. The minimum Gasteiger partial charge on any atom is -0.438 e. The number of rotatable bonds is 8. The summed E-state index contributed by atoms with van der Waals surface area (Å²) >= 11 is 0. The number of amides is 2. The molecule has 0 aliphatic rings. The molecule has 0 radical (unpaired) electrons. The van der Waals surface area contributed by atoms with Crippen LogP contribution in [0.5, 0.6) is 11.6 Å². The molecule has 0 unspecified atom stereocenters. The van der Waals surface area contributed by atoms with Gasteiger partial charge in [-0.1, -0.05) is 27.4 Å². The van der Waals surface area contributed by atoms with E-state index in [0.29, 0.717) is 11.5 Å². The van der Waals surface area contributed by atoms with Gasteiger partial charge in [0.25, 0.3) is 5.91 Å². The Hall–Kier alpha value is -4.28. The molecule has 0 saturated heterocycles. The van der Waals surface area contributed by atoms with Crippen LogP contribution in [-0.4, -0.2) is 45.2 Å². The molecule has 1 aromatic carbocycles. The van der Waals surface area contributed by atoms with Gasteiger partial charge in [-0.2, -0.15) is 5.10 Å². The highest BCUT2D eigenvalue weighted by Gasteiger charge is 2.16. The molecule has 3 aromatic rings. The molecule has 3 rings (SSSR count). The molecule has 2 amide bonds. The molecule has 11 heteroatoms. The molecule has 0 aliphatic carbocycles. The fourth-order valence-electron chi connectivity index (χ4n) is 2.76. The second-order valence-corrected chi connectivity index (χ2v) is 7.28. The topological polar surface area (TPSA) is 113 Å². The quantitative estimate of drug-likeness (QED) is 0.289. The number of carbonyl (C=O) groups is 2. The molecule has 2 N–H and O–H groups in total. The average molecular weight is 470 g/mol. The average Bonchev–Trinajstić information content (AvgIpc) is 3.17. The molecule has 2 heterocycles. The number of allylic oxidation sites excluding steroid dienone is 1. The van der Waals surface area contributed by atoms with Crippen LogP contribution in [0.25, 0.3) is 5.65 Å². The number of likely N-dealkylation sites (N-methyl/N-ethyl adjacent to an activating group) is 1. The zero-order valence-corrected chi connectivity index (χ0v) is 18.7. The van der Waals surface area contributed by atoms with E-state index in [1.165, 1.54) is 33.8 Å². The number of imidazole rings is 1. The monoisotopic (exact) mass is 469 g/mol. The smallest absolute Gasteiger partial charge is 0.273 e. The van der Waals surface area contributed by atoms with Crippen molar-refractivity contribution in [2.24, 2.45) is 11.0 Å². The van der Waals surface area contributed by atoms with E-state index in [0.717, 1.165) is 0 Å². The molecule has 0 saturated carbocycles. The fraction of sp³-hybridized carbons (Fsp3) is 0.261. The van der Waals surface area contributed by atoms with Gasteiger partial charge in [0, 0.05) is 31.8 Å². The maximum absolute atomic E-state index is 14.3. The van der Waals surface area contributed by atoms with Crippen LogP contribution in [-0.2, 0) is 9.59 Å². The molecule has 34 heavy (non-hydrogen) atoms. The predicted molar refractivity (Wildman–Crippen MR) is 129 cm³/mol. The van der Waals surface area contributed by atoms with Gasteiger partial charge in [0.15, 0.2) is 11.5 Å². The zero-order chi connectivity index (χ0) is 24.1. The number of nitrogens with zero attached hydrogens (tertiary/aromatic N) is 5. The van der Waals surface area contributed by atoms with Gasteiger partial charge < -0.3 is 15.4 Å². The van der Waals surface area contributed by atoms with Crippen LogP contribution >= 0.6 is 0 Å². The minimum absolute atomic E-state index is 0. The van der Waals surface area contributed by atoms with Crippen molar-refractivity contribution in [2.75, 3.05) is 17.7 Å². The van der Waals surface area contributed by atoms with Gasteiger partial charge in [0.1, 0.15) is 17.3 Å². The molecule has 0 bridgehead atoms. The summed E-state index contributed by atoms with van der Waals surface area (Å²) in [6, 6.07) is 7.17. The zero-order valence-electron chi connectivity index (χ0n) is 18.7. The van der Waals surface area contributed by atoms with Crippen molar-refractivity contribution >= 4 is 35.7 Å². The standard InChI is InChI=1S/C22H24FN7O3.CH4/c1-6-17(29(5)24-4)22(32)25-16-11-14(7-8-15(16)23)33-20-10-9-19-26-18(12-30(19)28-20)27-21(31)13(2)3;/h6-13H,4H2,1-3,5H3,(H,25,32)(H,27,31);1H4/b17-6-;. The first-order valence-corrected chi connectivity index (χ1v) is 10.0. The Labute approximate surface area is 197 Å². The number of ether oxygens (including phenoxy) is 1. The number of fused-ring (bicyclic) bond motifs is 1. The third kappa shape index (κ3) is 5.94. The number of benzene rings is 1. The number of aromatic nitrogens is 3. The van der Waals surface area contributed by atoms with Crippen molar-refractivity contribution in [2.45, 2.75) is 28.2 Å². The molecule has 2 aromatic heterocycles. The highest BCUT2D eigenvalue weighted by molar-refractivity contribution is 6.03. The van der Waals surface area contributed by atoms with Crippen LogP contribution < -0.4 is 15.4 Å². The van der Waals surface area contributed by atoms with Gasteiger partial charge in [-0.25, -0.2) is 13.9 Å². The number of hydrogen-bond donors (Lipinski definition) is 2. The Kier molecular flexibility index (Phi) is 8.43. The minimum atomic E-state index is -0.635. The molecule has 10 nitrogen and oxygen atoms in total. The predicted octanol–water partition coefficient (Wildman–Crippen LogP) is 4.28. The first-order valence-electron chi connectivity index (χ1n) is 10.0. The number of hydrazone groups is 1. The van der Waals surface area contributed by atoms with Gasteiger partial charge in [-0.3, -0.25) is 14.6 Å². The summed E-state index contributed by atoms with van der Waals surface area (Å²) in [5.74, 6) is -0.719. The normalized spacial score (nSPS) is 11.1. The van der Waals surface area contributed by atoms with Gasteiger partial charge in [-0.15, -0.1) is 5.10 Å². The van der Waals surface area contributed by atoms with Crippen LogP contribution in [0, 0.1) is 11.7 Å². The molecule has 0 spiro atoms. The summed E-state index contributed by atoms with van der Waals surface area (Å²) in [5.41, 5.74) is 0.632. The SMILES string of the molecule is C.C=NN(C)/C(=C\C)C(=O)Nc1cc(Oc2ccc3nc(NC(=O)C(C)C)cn3n2)ccc1F. The van der Waals surface area contributed by atoms with Crippen molar-refractivity contribution in [1.82, 2.24) is 19.6 Å². The van der Waals surface area contributed by atoms with Crippen molar-refractivity contribution in [1.29, 1.82) is 0 Å². The second-order valence-electron chi connectivity index (χ2n) is 7.28. The van der Waals surface area contributed by atoms with E-state index < -0.39 is 11.7 Å². The lowest BCUT2D eigenvalue weighted by Gasteiger charge is -2.16. The third-order valence-corrected chi connectivity index (χ3v) is 4.55. The lowest BCUT2D eigenvalue weighted by atomic mass is 10.2. The molecule has 180 valence electrons. The largest absolute Gasteiger partial charge is 0.438 e. The van der Waals surface area contributed by atoms with Crippen LogP contribution in [0.1, 0.15) is 28.2 Å². The molecular weight excluding hydrogens is 441 g/mol. The van der Waals surface area contributed by atoms with E-state index in [9.17, 15) is 14.0 Å². The summed E-state index contributed by atoms with van der Waals surface area (Å²) in [6.07, 6.45) is 3.09. The number of hydrogen-bond acceptors (Lipinski definition) is 7. The van der Waals surface area contributed by atoms with Crippen molar-refractivity contribution in [3.63, 3.8) is 0 Å². The fourth-order valence-corrected chi connectivity index (χ4v) is 2.76. The van der Waals surface area contributed by atoms with Crippen LogP contribution in [0.15, 0.2) is 53.4 Å². The second kappa shape index (κ2) is 11.0. The number of anilines is 2. The Morgan fingerprint density at radius 1 is 1.26 bits per heavy atom. The Morgan fingerprint density at radius 2 is 2.00 bits per heavy atom. The Bertz CT molecular complexity index is 1240. The lowest BCUT2D eigenvalue weighted by Crippen LogP contribution is -2.24. The third-order valence-electron chi connectivity index (χ3n) is 4.55. The molecular formula is C23H28FN7O3. The number of carbonyl (C=O) groups excluding carboxylic acids is 2. The Balaban J connectivity index is 0.00000408. The summed E-state index contributed by atoms with van der Waals surface area (Å²) in [5, 5.41) is 14.4. The van der Waals surface area contributed by atoms with Crippen molar-refractivity contribution < 1.29 is 18.7 Å². The van der Waals surface area contributed by atoms with E-state index in [1.807, 2.05) is 0 Å². The van der Waals surface area contributed by atoms with E-state index in [1.54, 1.807) is 46.1 Å². The summed E-state index contributed by atoms with van der Waals surface area (Å²) in [4.78, 5) is 28.6. The van der Waals surface area contributed by atoms with Gasteiger partial charge in [0.05, 0.1) is 11.9 Å². The summed E-state index contributed by atoms with van der Waals surface area (Å²) in [7, 11) is 1.55. The van der Waals surface area contributed by atoms with Gasteiger partial charge in [-0.05, 0) is 25.1 Å². The first kappa shape index (κ1) is 26.0. The van der Waals surface area contributed by atoms with E-state index in [4.69, 9.17) is 4.74 Å². The molecule has 0 atom stereocenters. The summed E-state index contributed by atoms with van der Waals surface area (Å²) in [6.45, 7) is 8.59. The number of halogens is 1. The van der Waals surface area contributed by atoms with Gasteiger partial charge in [0.2, 0.25) is 11.8 Å². The maximum atomic E-state index is 14.3. The van der Waals surface area contributed by atoms with Crippen molar-refractivity contribution in [3.8, 4) is 11.6 Å². The van der Waals surface area contributed by atoms with E-state index in [-0.39, 0.29) is 42.3 Å². The summed E-state index contributed by atoms with van der Waals surface area (Å²) < 4.78 is 21.5. The van der Waals surface area contributed by atoms with E-state index >= 15 is 0 Å². The Morgan fingerprint density at radius 3 is 2.65 bits per heavy atom. The molecule has 0 fully saturated rings.